The Hall–Kier alpha value is -0.940. The van der Waals surface area contributed by atoms with Gasteiger partial charge in [-0.3, -0.25) is 18.9 Å². The minimum atomic E-state index is -4.52. The summed E-state index contributed by atoms with van der Waals surface area (Å²) in [7, 11) is -4.52. The summed E-state index contributed by atoms with van der Waals surface area (Å²) in [5.74, 6) is 0.657. The zero-order chi connectivity index (χ0) is 23.6. The van der Waals surface area contributed by atoms with E-state index in [2.05, 4.69) is 4.98 Å². The van der Waals surface area contributed by atoms with Crippen LogP contribution in [0.25, 0.3) is 0 Å². The molecule has 2 heterocycles. The van der Waals surface area contributed by atoms with Gasteiger partial charge < -0.3 is 28.7 Å². The maximum Gasteiger partial charge on any atom is 0.348 e. The van der Waals surface area contributed by atoms with Crippen LogP contribution in [0.4, 0.5) is 0 Å². The zero-order valence-corrected chi connectivity index (χ0v) is 20.2. The standard InChI is InChI=1S/C17H28N2O9P2S/c1-5-7-26-14-13(28-30(25,31)10(2)3)12(6-8-29(22,23)24)27-16(14)19-9-11(4)15(20)18-17(19)21/h6,8-10,12-14,16H,5,7H2,1-4H3,(H,25,31)(H,18,20,21)(H2,22,23,24)/b8-6+/t12-,13-,14-,16-,30?/m1/s1. The summed E-state index contributed by atoms with van der Waals surface area (Å²) in [6, 6.07) is 0. The number of aromatic nitrogens is 2. The molecule has 0 spiro atoms. The highest BCUT2D eigenvalue weighted by atomic mass is 32.5. The smallest absolute Gasteiger partial charge is 0.348 e. The lowest BCUT2D eigenvalue weighted by molar-refractivity contribution is -0.0658. The van der Waals surface area contributed by atoms with Gasteiger partial charge in [-0.2, -0.15) is 0 Å². The molecule has 0 aromatic carbocycles. The lowest BCUT2D eigenvalue weighted by atomic mass is 10.1. The fraction of sp³-hybridized carbons (Fsp3) is 0.647. The van der Waals surface area contributed by atoms with Crippen LogP contribution in [-0.4, -0.2) is 54.8 Å². The monoisotopic (exact) mass is 498 g/mol. The molecule has 1 saturated heterocycles. The summed E-state index contributed by atoms with van der Waals surface area (Å²) < 4.78 is 30.1. The van der Waals surface area contributed by atoms with Crippen LogP contribution in [0.3, 0.4) is 0 Å². The Morgan fingerprint density at radius 1 is 1.32 bits per heavy atom. The van der Waals surface area contributed by atoms with Crippen LogP contribution in [0.15, 0.2) is 27.7 Å². The Morgan fingerprint density at radius 3 is 2.52 bits per heavy atom. The molecular weight excluding hydrogens is 470 g/mol. The van der Waals surface area contributed by atoms with Crippen LogP contribution < -0.4 is 11.2 Å². The van der Waals surface area contributed by atoms with Gasteiger partial charge in [-0.15, -0.1) is 0 Å². The van der Waals surface area contributed by atoms with Crippen molar-refractivity contribution in [2.75, 3.05) is 6.61 Å². The first-order chi connectivity index (χ1) is 14.3. The van der Waals surface area contributed by atoms with Crippen molar-refractivity contribution >= 4 is 25.9 Å². The van der Waals surface area contributed by atoms with E-state index < -0.39 is 55.5 Å². The normalized spacial score (nSPS) is 26.6. The van der Waals surface area contributed by atoms with E-state index in [0.29, 0.717) is 12.2 Å². The fourth-order valence-electron chi connectivity index (χ4n) is 2.86. The zero-order valence-electron chi connectivity index (χ0n) is 17.6. The van der Waals surface area contributed by atoms with Crippen LogP contribution in [0, 0.1) is 6.92 Å². The molecule has 14 heteroatoms. The number of aryl methyl sites for hydroxylation is 1. The molecule has 2 rings (SSSR count). The van der Waals surface area contributed by atoms with Crippen molar-refractivity contribution in [3.05, 3.63) is 44.5 Å². The molecular formula is C17H28N2O9P2S. The number of aromatic amines is 1. The first kappa shape index (κ1) is 26.3. The van der Waals surface area contributed by atoms with E-state index in [1.54, 1.807) is 13.8 Å². The highest BCUT2D eigenvalue weighted by Crippen LogP contribution is 2.52. The van der Waals surface area contributed by atoms with E-state index in [1.165, 1.54) is 13.1 Å². The Bertz CT molecular complexity index is 1020. The van der Waals surface area contributed by atoms with Gasteiger partial charge in [0.05, 0.1) is 0 Å². The summed E-state index contributed by atoms with van der Waals surface area (Å²) in [6.45, 7) is 3.68. The molecule has 0 bridgehead atoms. The Balaban J connectivity index is 2.57. The molecule has 0 amide bonds. The highest BCUT2D eigenvalue weighted by molar-refractivity contribution is 8.09. The molecule has 0 aliphatic carbocycles. The number of nitrogens with one attached hydrogen (secondary N) is 1. The van der Waals surface area contributed by atoms with Gasteiger partial charge >= 0.3 is 13.3 Å². The minimum Gasteiger partial charge on any atom is -0.371 e. The summed E-state index contributed by atoms with van der Waals surface area (Å²) in [6.07, 6.45) is -1.18. The SMILES string of the molecule is CCCO[C@@H]1[C@H](OP(O)(=S)C(C)C)[C@@H](/C=C/P(=O)(O)O)O[C@H]1n1cc(C)c(=O)[nH]c1=O. The van der Waals surface area contributed by atoms with Crippen molar-refractivity contribution in [3.63, 3.8) is 0 Å². The number of nitrogens with zero attached hydrogens (tertiary/aromatic N) is 1. The van der Waals surface area contributed by atoms with E-state index >= 15 is 0 Å². The lowest BCUT2D eigenvalue weighted by Crippen LogP contribution is -2.40. The second-order valence-corrected chi connectivity index (χ2v) is 12.9. The predicted octanol–water partition coefficient (Wildman–Crippen LogP) is 1.32. The second-order valence-electron chi connectivity index (χ2n) is 7.46. The van der Waals surface area contributed by atoms with Crippen LogP contribution in [0.1, 0.15) is 39.0 Å². The second kappa shape index (κ2) is 10.3. The van der Waals surface area contributed by atoms with Gasteiger partial charge in [-0.25, -0.2) is 4.79 Å². The van der Waals surface area contributed by atoms with E-state index in [-0.39, 0.29) is 12.2 Å². The van der Waals surface area contributed by atoms with Gasteiger partial charge in [-0.1, -0.05) is 20.8 Å². The summed E-state index contributed by atoms with van der Waals surface area (Å²) >= 11 is 5.24. The molecule has 31 heavy (non-hydrogen) atoms. The van der Waals surface area contributed by atoms with Crippen molar-refractivity contribution in [2.24, 2.45) is 0 Å². The Labute approximate surface area is 184 Å². The van der Waals surface area contributed by atoms with Gasteiger partial charge in [0.2, 0.25) is 0 Å². The first-order valence-corrected chi connectivity index (χ1v) is 14.0. The van der Waals surface area contributed by atoms with E-state index in [1.807, 2.05) is 6.92 Å². The summed E-state index contributed by atoms with van der Waals surface area (Å²) in [4.78, 5) is 55.5. The molecule has 1 unspecified atom stereocenters. The number of rotatable bonds is 9. The number of hydrogen-bond acceptors (Lipinski definition) is 7. The molecule has 1 aliphatic rings. The molecule has 176 valence electrons. The van der Waals surface area contributed by atoms with Crippen molar-refractivity contribution < 1.29 is 33.2 Å². The Morgan fingerprint density at radius 2 is 1.97 bits per heavy atom. The van der Waals surface area contributed by atoms with Crippen LogP contribution in [0.2, 0.25) is 0 Å². The molecule has 5 atom stereocenters. The number of ether oxygens (including phenoxy) is 2. The van der Waals surface area contributed by atoms with Crippen LogP contribution in [-0.2, 0) is 30.4 Å². The van der Waals surface area contributed by atoms with Crippen molar-refractivity contribution in [3.8, 4) is 0 Å². The third kappa shape index (κ3) is 6.77. The molecule has 1 aromatic heterocycles. The first-order valence-electron chi connectivity index (χ1n) is 9.61. The predicted molar refractivity (Wildman–Crippen MR) is 118 cm³/mol. The van der Waals surface area contributed by atoms with Gasteiger partial charge in [0, 0.05) is 29.8 Å². The highest BCUT2D eigenvalue weighted by Gasteiger charge is 2.49. The quantitative estimate of drug-likeness (QED) is 0.366. The Kier molecular flexibility index (Phi) is 8.77. The molecule has 0 radical (unpaired) electrons. The molecule has 0 saturated carbocycles. The molecule has 1 aliphatic heterocycles. The fourth-order valence-corrected chi connectivity index (χ4v) is 4.39. The van der Waals surface area contributed by atoms with E-state index in [0.717, 1.165) is 10.6 Å². The number of H-pyrrole nitrogens is 1. The van der Waals surface area contributed by atoms with Gasteiger partial charge in [0.15, 0.2) is 12.7 Å². The molecule has 11 nitrogen and oxygen atoms in total. The topological polar surface area (TPSA) is 160 Å². The lowest BCUT2D eigenvalue weighted by Gasteiger charge is -2.29. The molecule has 4 N–H and O–H groups in total. The van der Waals surface area contributed by atoms with Crippen LogP contribution >= 0.6 is 14.1 Å². The summed E-state index contributed by atoms with van der Waals surface area (Å²) in [5.41, 5.74) is -1.46. The maximum atomic E-state index is 12.4. The summed E-state index contributed by atoms with van der Waals surface area (Å²) in [5, 5.41) is 0. The van der Waals surface area contributed by atoms with Crippen molar-refractivity contribution in [2.45, 2.75) is 64.3 Å². The average Bonchev–Trinajstić information content (AvgIpc) is 2.97. The largest absolute Gasteiger partial charge is 0.371 e. The van der Waals surface area contributed by atoms with Gasteiger partial charge in [0.25, 0.3) is 5.56 Å². The van der Waals surface area contributed by atoms with Gasteiger partial charge in [0.1, 0.15) is 18.3 Å². The molecule has 1 fully saturated rings. The van der Waals surface area contributed by atoms with E-state index in [4.69, 9.17) is 25.8 Å². The minimum absolute atomic E-state index is 0.249. The maximum absolute atomic E-state index is 12.4. The van der Waals surface area contributed by atoms with Crippen LogP contribution in [0.5, 0.6) is 0 Å². The number of hydrogen-bond donors (Lipinski definition) is 4. The van der Waals surface area contributed by atoms with Gasteiger partial charge in [-0.05, 0) is 31.2 Å². The van der Waals surface area contributed by atoms with E-state index in [9.17, 15) is 28.8 Å². The average molecular weight is 498 g/mol. The van der Waals surface area contributed by atoms with Crippen molar-refractivity contribution in [1.29, 1.82) is 0 Å². The van der Waals surface area contributed by atoms with Crippen molar-refractivity contribution in [1.82, 2.24) is 9.55 Å². The third-order valence-electron chi connectivity index (χ3n) is 4.55. The molecule has 1 aromatic rings. The third-order valence-corrected chi connectivity index (χ3v) is 8.49.